The lowest BCUT2D eigenvalue weighted by Gasteiger charge is -2.35. The van der Waals surface area contributed by atoms with Crippen LogP contribution in [0.2, 0.25) is 0 Å². The average Bonchev–Trinajstić information content (AvgIpc) is 3.25. The Morgan fingerprint density at radius 1 is 1.00 bits per heavy atom. The minimum absolute atomic E-state index is 0.203. The third-order valence-electron chi connectivity index (χ3n) is 5.98. The van der Waals surface area contributed by atoms with Crippen molar-refractivity contribution in [1.82, 2.24) is 29.9 Å². The van der Waals surface area contributed by atoms with E-state index in [9.17, 15) is 0 Å². The highest BCUT2D eigenvalue weighted by molar-refractivity contribution is 6.01. The fraction of sp³-hybridized carbons (Fsp3) is 0.391. The molecule has 5 rings (SSSR count). The first-order valence-electron chi connectivity index (χ1n) is 11.0. The van der Waals surface area contributed by atoms with Crippen molar-refractivity contribution in [2.75, 3.05) is 42.9 Å². The molecule has 0 aliphatic carbocycles. The predicted molar refractivity (Wildman–Crippen MR) is 125 cm³/mol. The number of rotatable bonds is 5. The molecule has 160 valence electrons. The summed E-state index contributed by atoms with van der Waals surface area (Å²) >= 11 is 0. The molecule has 2 aromatic carbocycles. The number of hydrogen-bond donors (Lipinski definition) is 1. The van der Waals surface area contributed by atoms with Gasteiger partial charge in [-0.05, 0) is 56.8 Å². The maximum Gasteiger partial charge on any atom is 0.227 e. The Morgan fingerprint density at radius 2 is 1.77 bits per heavy atom. The van der Waals surface area contributed by atoms with Crippen LogP contribution in [-0.4, -0.2) is 62.6 Å². The van der Waals surface area contributed by atoms with E-state index in [1.54, 1.807) is 0 Å². The van der Waals surface area contributed by atoms with E-state index in [2.05, 4.69) is 75.4 Å². The quantitative estimate of drug-likeness (QED) is 0.530. The molecule has 1 saturated heterocycles. The van der Waals surface area contributed by atoms with Gasteiger partial charge in [0.1, 0.15) is 16.6 Å². The maximum atomic E-state index is 4.80. The van der Waals surface area contributed by atoms with E-state index >= 15 is 0 Å². The van der Waals surface area contributed by atoms with Gasteiger partial charge in [0.05, 0.1) is 0 Å². The Labute approximate surface area is 181 Å². The zero-order chi connectivity index (χ0) is 21.4. The van der Waals surface area contributed by atoms with Crippen LogP contribution < -0.4 is 10.2 Å². The highest BCUT2D eigenvalue weighted by Crippen LogP contribution is 2.26. The third kappa shape index (κ3) is 3.79. The van der Waals surface area contributed by atoms with Gasteiger partial charge in [-0.1, -0.05) is 12.1 Å². The fourth-order valence-electron chi connectivity index (χ4n) is 4.15. The van der Waals surface area contributed by atoms with Gasteiger partial charge >= 0.3 is 0 Å². The van der Waals surface area contributed by atoms with Gasteiger partial charge in [-0.15, -0.1) is 5.10 Å². The molecule has 0 unspecified atom stereocenters. The van der Waals surface area contributed by atoms with Crippen LogP contribution in [0.15, 0.2) is 42.6 Å². The first-order valence-corrected chi connectivity index (χ1v) is 11.0. The minimum atomic E-state index is 0.203. The van der Waals surface area contributed by atoms with Crippen molar-refractivity contribution < 1.29 is 0 Å². The van der Waals surface area contributed by atoms with Gasteiger partial charge in [-0.25, -0.2) is 14.6 Å². The normalized spacial score (nSPS) is 15.3. The molecule has 0 spiro atoms. The smallest absolute Gasteiger partial charge is 0.227 e. The van der Waals surface area contributed by atoms with Crippen molar-refractivity contribution in [2.24, 2.45) is 0 Å². The molecule has 1 aliphatic rings. The molecule has 1 N–H and O–H groups in total. The molecule has 1 fully saturated rings. The highest BCUT2D eigenvalue weighted by atomic mass is 15.4. The summed E-state index contributed by atoms with van der Waals surface area (Å²) in [5.41, 5.74) is 4.88. The van der Waals surface area contributed by atoms with Gasteiger partial charge in [0.2, 0.25) is 5.95 Å². The van der Waals surface area contributed by atoms with E-state index in [-0.39, 0.29) is 6.04 Å². The standard InChI is InChI=1S/C23H28N8/c1-4-29-11-13-30(14-12-29)19-8-6-18(7-9-19)25-23-24-15-17-5-10-20-22(21(17)26-23)31(16(2)3)28-27-20/h5-10,15-16H,4,11-14H2,1-3H3,(H,24,25,26). The van der Waals surface area contributed by atoms with Crippen molar-refractivity contribution in [3.05, 3.63) is 42.6 Å². The number of hydrogen-bond acceptors (Lipinski definition) is 7. The predicted octanol–water partition coefficient (Wildman–Crippen LogP) is 3.84. The number of piperazine rings is 1. The highest BCUT2D eigenvalue weighted by Gasteiger charge is 2.16. The molecular weight excluding hydrogens is 388 g/mol. The summed E-state index contributed by atoms with van der Waals surface area (Å²) in [5, 5.41) is 12.9. The second-order valence-electron chi connectivity index (χ2n) is 8.29. The first-order chi connectivity index (χ1) is 15.1. The summed E-state index contributed by atoms with van der Waals surface area (Å²) < 4.78 is 1.92. The van der Waals surface area contributed by atoms with Crippen LogP contribution in [-0.2, 0) is 0 Å². The first kappa shape index (κ1) is 19.7. The number of fused-ring (bicyclic) bond motifs is 3. The zero-order valence-electron chi connectivity index (χ0n) is 18.3. The Morgan fingerprint density at radius 3 is 2.48 bits per heavy atom. The number of anilines is 3. The average molecular weight is 417 g/mol. The summed E-state index contributed by atoms with van der Waals surface area (Å²) in [6, 6.07) is 12.7. The van der Waals surface area contributed by atoms with Gasteiger partial charge in [0.25, 0.3) is 0 Å². The second-order valence-corrected chi connectivity index (χ2v) is 8.29. The van der Waals surface area contributed by atoms with Crippen LogP contribution in [0.4, 0.5) is 17.3 Å². The maximum absolute atomic E-state index is 4.80. The van der Waals surface area contributed by atoms with E-state index in [1.165, 1.54) is 5.69 Å². The molecule has 31 heavy (non-hydrogen) atoms. The van der Waals surface area contributed by atoms with E-state index in [1.807, 2.05) is 23.0 Å². The van der Waals surface area contributed by atoms with Crippen LogP contribution in [0.5, 0.6) is 0 Å². The molecule has 4 aromatic rings. The Bertz CT molecular complexity index is 1190. The third-order valence-corrected chi connectivity index (χ3v) is 5.98. The summed E-state index contributed by atoms with van der Waals surface area (Å²) in [4.78, 5) is 14.2. The zero-order valence-corrected chi connectivity index (χ0v) is 18.3. The molecular formula is C23H28N8. The van der Waals surface area contributed by atoms with Crippen molar-refractivity contribution in [2.45, 2.75) is 26.8 Å². The van der Waals surface area contributed by atoms with E-state index < -0.39 is 0 Å². The molecule has 3 heterocycles. The summed E-state index contributed by atoms with van der Waals surface area (Å²) in [5.74, 6) is 0.570. The van der Waals surface area contributed by atoms with Gasteiger partial charge in [-0.3, -0.25) is 0 Å². The van der Waals surface area contributed by atoms with Crippen molar-refractivity contribution in [3.63, 3.8) is 0 Å². The van der Waals surface area contributed by atoms with E-state index in [4.69, 9.17) is 4.98 Å². The minimum Gasteiger partial charge on any atom is -0.369 e. The van der Waals surface area contributed by atoms with E-state index in [0.29, 0.717) is 5.95 Å². The molecule has 1 aliphatic heterocycles. The second kappa shape index (κ2) is 8.11. The number of likely N-dealkylation sites (N-methyl/N-ethyl adjacent to an activating group) is 1. The summed E-state index contributed by atoms with van der Waals surface area (Å²) in [6.45, 7) is 11.9. The summed E-state index contributed by atoms with van der Waals surface area (Å²) in [7, 11) is 0. The molecule has 0 bridgehead atoms. The molecule has 0 atom stereocenters. The largest absolute Gasteiger partial charge is 0.369 e. The Kier molecular flexibility index (Phi) is 5.15. The monoisotopic (exact) mass is 416 g/mol. The number of aromatic nitrogens is 5. The lowest BCUT2D eigenvalue weighted by molar-refractivity contribution is 0.271. The van der Waals surface area contributed by atoms with Crippen LogP contribution >= 0.6 is 0 Å². The fourth-order valence-corrected chi connectivity index (χ4v) is 4.15. The van der Waals surface area contributed by atoms with Crippen molar-refractivity contribution in [3.8, 4) is 0 Å². The van der Waals surface area contributed by atoms with Crippen LogP contribution in [0, 0.1) is 0 Å². The molecule has 0 saturated carbocycles. The number of benzene rings is 2. The molecule has 8 heteroatoms. The van der Waals surface area contributed by atoms with Gasteiger partial charge in [0.15, 0.2) is 0 Å². The molecule has 2 aromatic heterocycles. The van der Waals surface area contributed by atoms with Crippen molar-refractivity contribution >= 4 is 39.3 Å². The molecule has 0 amide bonds. The van der Waals surface area contributed by atoms with E-state index in [0.717, 1.165) is 60.3 Å². The van der Waals surface area contributed by atoms with Crippen LogP contribution in [0.1, 0.15) is 26.8 Å². The van der Waals surface area contributed by atoms with Crippen LogP contribution in [0.25, 0.3) is 21.9 Å². The molecule has 8 nitrogen and oxygen atoms in total. The Hall–Kier alpha value is -3.26. The van der Waals surface area contributed by atoms with Crippen molar-refractivity contribution in [1.29, 1.82) is 0 Å². The number of nitrogens with zero attached hydrogens (tertiary/aromatic N) is 7. The SMILES string of the molecule is CCN1CCN(c2ccc(Nc3ncc4ccc5nnn(C(C)C)c5c4n3)cc2)CC1. The topological polar surface area (TPSA) is 75.0 Å². The lowest BCUT2D eigenvalue weighted by atomic mass is 10.2. The molecule has 0 radical (unpaired) electrons. The van der Waals surface area contributed by atoms with Gasteiger partial charge in [0, 0.05) is 55.2 Å². The van der Waals surface area contributed by atoms with Gasteiger partial charge in [-0.2, -0.15) is 0 Å². The Balaban J connectivity index is 1.39. The lowest BCUT2D eigenvalue weighted by Crippen LogP contribution is -2.46. The number of nitrogens with one attached hydrogen (secondary N) is 1. The van der Waals surface area contributed by atoms with Gasteiger partial charge < -0.3 is 15.1 Å². The van der Waals surface area contributed by atoms with Crippen LogP contribution in [0.3, 0.4) is 0 Å². The summed E-state index contributed by atoms with van der Waals surface area (Å²) in [6.07, 6.45) is 1.85.